The summed E-state index contributed by atoms with van der Waals surface area (Å²) in [6.45, 7) is 2.00. The monoisotopic (exact) mass is 302 g/mol. The SMILES string of the molecule is CC#CCn1c(C#CCCS)nc2c1c(=O)[nH]c(=O)n2C. The van der Waals surface area contributed by atoms with E-state index in [4.69, 9.17) is 0 Å². The topological polar surface area (TPSA) is 72.7 Å². The molecule has 0 saturated carbocycles. The predicted molar refractivity (Wildman–Crippen MR) is 84.4 cm³/mol. The Morgan fingerprint density at radius 3 is 2.76 bits per heavy atom. The third-order valence-corrected chi connectivity index (χ3v) is 3.08. The number of fused-ring (bicyclic) bond motifs is 1. The van der Waals surface area contributed by atoms with Crippen LogP contribution in [-0.2, 0) is 13.6 Å². The molecule has 108 valence electrons. The summed E-state index contributed by atoms with van der Waals surface area (Å²) in [5.41, 5.74) is -0.388. The summed E-state index contributed by atoms with van der Waals surface area (Å²) in [5, 5.41) is 0. The van der Waals surface area contributed by atoms with Crippen molar-refractivity contribution in [2.45, 2.75) is 19.9 Å². The van der Waals surface area contributed by atoms with Crippen LogP contribution in [0.1, 0.15) is 19.2 Å². The molecule has 0 aromatic carbocycles. The van der Waals surface area contributed by atoms with Crippen molar-refractivity contribution in [2.24, 2.45) is 7.05 Å². The highest BCUT2D eigenvalue weighted by molar-refractivity contribution is 7.80. The molecule has 2 rings (SSSR count). The predicted octanol–water partition coefficient (Wildman–Crippen LogP) is 0.118. The number of H-pyrrole nitrogens is 1. The number of nitrogens with zero attached hydrogens (tertiary/aromatic N) is 3. The summed E-state index contributed by atoms with van der Waals surface area (Å²) in [6.07, 6.45) is 0.612. The number of hydrogen-bond acceptors (Lipinski definition) is 4. The molecule has 0 aliphatic carbocycles. The largest absolute Gasteiger partial charge is 0.329 e. The Labute approximate surface area is 126 Å². The maximum Gasteiger partial charge on any atom is 0.329 e. The molecule has 2 aromatic heterocycles. The maximum atomic E-state index is 12.0. The van der Waals surface area contributed by atoms with Crippen molar-refractivity contribution in [2.75, 3.05) is 5.75 Å². The first kappa shape index (κ1) is 15.0. The molecule has 0 radical (unpaired) electrons. The Bertz CT molecular complexity index is 912. The second-order valence-electron chi connectivity index (χ2n) is 4.21. The van der Waals surface area contributed by atoms with E-state index in [0.29, 0.717) is 35.7 Å². The van der Waals surface area contributed by atoms with Crippen LogP contribution < -0.4 is 11.2 Å². The lowest BCUT2D eigenvalue weighted by Gasteiger charge is -2.00. The number of aromatic amines is 1. The Morgan fingerprint density at radius 1 is 1.33 bits per heavy atom. The Morgan fingerprint density at radius 2 is 2.10 bits per heavy atom. The average molecular weight is 302 g/mol. The van der Waals surface area contributed by atoms with Crippen molar-refractivity contribution in [3.8, 4) is 23.7 Å². The van der Waals surface area contributed by atoms with Gasteiger partial charge in [-0.3, -0.25) is 18.9 Å². The van der Waals surface area contributed by atoms with E-state index >= 15 is 0 Å². The molecule has 0 atom stereocenters. The lowest BCUT2D eigenvalue weighted by molar-refractivity contribution is 0.821. The van der Waals surface area contributed by atoms with E-state index in [1.165, 1.54) is 4.57 Å². The van der Waals surface area contributed by atoms with Crippen LogP contribution in [0.15, 0.2) is 9.59 Å². The number of hydrogen-bond donors (Lipinski definition) is 2. The third-order valence-electron chi connectivity index (χ3n) is 2.86. The van der Waals surface area contributed by atoms with E-state index in [9.17, 15) is 9.59 Å². The van der Waals surface area contributed by atoms with Crippen LogP contribution in [0.4, 0.5) is 0 Å². The van der Waals surface area contributed by atoms with Gasteiger partial charge in [0.25, 0.3) is 5.56 Å². The number of rotatable bonds is 2. The average Bonchev–Trinajstić information content (AvgIpc) is 2.82. The van der Waals surface area contributed by atoms with Crippen molar-refractivity contribution in [1.82, 2.24) is 19.1 Å². The van der Waals surface area contributed by atoms with Crippen LogP contribution in [0.2, 0.25) is 0 Å². The van der Waals surface area contributed by atoms with Crippen LogP contribution in [-0.4, -0.2) is 24.9 Å². The minimum absolute atomic E-state index is 0.291. The van der Waals surface area contributed by atoms with Gasteiger partial charge in [-0.25, -0.2) is 9.78 Å². The first-order chi connectivity index (χ1) is 10.1. The summed E-state index contributed by atoms with van der Waals surface area (Å²) in [7, 11) is 1.55. The Balaban J connectivity index is 2.79. The molecule has 0 bridgehead atoms. The Hall–Kier alpha value is -2.38. The number of nitrogens with one attached hydrogen (secondary N) is 1. The molecule has 2 heterocycles. The molecule has 1 N–H and O–H groups in total. The van der Waals surface area contributed by atoms with Crippen molar-refractivity contribution in [3.05, 3.63) is 26.7 Å². The van der Waals surface area contributed by atoms with Gasteiger partial charge in [-0.15, -0.1) is 5.92 Å². The van der Waals surface area contributed by atoms with Crippen LogP contribution in [0, 0.1) is 23.7 Å². The molecule has 0 unspecified atom stereocenters. The highest BCUT2D eigenvalue weighted by Crippen LogP contribution is 2.09. The van der Waals surface area contributed by atoms with Gasteiger partial charge in [-0.1, -0.05) is 11.8 Å². The molecule has 0 fully saturated rings. The molecular formula is C14H14N4O2S. The summed E-state index contributed by atoms with van der Waals surface area (Å²) >= 11 is 4.09. The van der Waals surface area contributed by atoms with Crippen molar-refractivity contribution in [3.63, 3.8) is 0 Å². The third kappa shape index (κ3) is 2.88. The first-order valence-corrected chi connectivity index (χ1v) is 6.92. The zero-order valence-electron chi connectivity index (χ0n) is 11.7. The van der Waals surface area contributed by atoms with Gasteiger partial charge in [0.2, 0.25) is 0 Å². The molecule has 21 heavy (non-hydrogen) atoms. The van der Waals surface area contributed by atoms with E-state index in [1.807, 2.05) is 0 Å². The van der Waals surface area contributed by atoms with Gasteiger partial charge < -0.3 is 0 Å². The van der Waals surface area contributed by atoms with Crippen LogP contribution in [0.5, 0.6) is 0 Å². The molecule has 0 aliphatic rings. The molecule has 0 aliphatic heterocycles. The van der Waals surface area contributed by atoms with E-state index < -0.39 is 11.2 Å². The molecule has 0 spiro atoms. The van der Waals surface area contributed by atoms with Gasteiger partial charge in [0, 0.05) is 19.2 Å². The van der Waals surface area contributed by atoms with Crippen molar-refractivity contribution in [1.29, 1.82) is 0 Å². The van der Waals surface area contributed by atoms with E-state index in [2.05, 4.69) is 46.3 Å². The standard InChI is InChI=1S/C14H14N4O2S/c1-3-4-8-18-10(7-5-6-9-21)15-12-11(18)13(19)16-14(20)17(12)2/h21H,6,8-9H2,1-2H3,(H,16,19,20). The van der Waals surface area contributed by atoms with Crippen molar-refractivity contribution >= 4 is 23.8 Å². The fourth-order valence-electron chi connectivity index (χ4n) is 1.84. The van der Waals surface area contributed by atoms with Gasteiger partial charge >= 0.3 is 5.69 Å². The number of imidazole rings is 1. The zero-order chi connectivity index (χ0) is 15.4. The Kier molecular flexibility index (Phi) is 4.56. The number of aryl methyl sites for hydroxylation is 1. The van der Waals surface area contributed by atoms with Gasteiger partial charge in [0.15, 0.2) is 17.0 Å². The molecule has 7 heteroatoms. The van der Waals surface area contributed by atoms with Crippen LogP contribution in [0.25, 0.3) is 11.2 Å². The number of thiol groups is 1. The fraction of sp³-hybridized carbons (Fsp3) is 0.357. The normalized spacial score (nSPS) is 9.86. The maximum absolute atomic E-state index is 12.0. The zero-order valence-corrected chi connectivity index (χ0v) is 12.6. The minimum atomic E-state index is -0.506. The van der Waals surface area contributed by atoms with Crippen LogP contribution in [0.3, 0.4) is 0 Å². The van der Waals surface area contributed by atoms with E-state index in [-0.39, 0.29) is 0 Å². The fourth-order valence-corrected chi connectivity index (χ4v) is 1.95. The van der Waals surface area contributed by atoms with Gasteiger partial charge in [0.1, 0.15) is 0 Å². The summed E-state index contributed by atoms with van der Waals surface area (Å²) < 4.78 is 2.91. The van der Waals surface area contributed by atoms with E-state index in [1.54, 1.807) is 18.5 Å². The van der Waals surface area contributed by atoms with Gasteiger partial charge in [0.05, 0.1) is 6.54 Å². The molecule has 0 saturated heterocycles. The minimum Gasteiger partial charge on any atom is -0.300 e. The molecular weight excluding hydrogens is 288 g/mol. The second kappa shape index (κ2) is 6.38. The molecule has 0 amide bonds. The molecule has 6 nitrogen and oxygen atoms in total. The highest BCUT2D eigenvalue weighted by atomic mass is 32.1. The summed E-state index contributed by atoms with van der Waals surface area (Å²) in [4.78, 5) is 30.2. The first-order valence-electron chi connectivity index (χ1n) is 6.29. The lowest BCUT2D eigenvalue weighted by atomic mass is 10.4. The van der Waals surface area contributed by atoms with Crippen LogP contribution >= 0.6 is 12.6 Å². The van der Waals surface area contributed by atoms with Crippen molar-refractivity contribution < 1.29 is 0 Å². The lowest BCUT2D eigenvalue weighted by Crippen LogP contribution is -2.29. The summed E-state index contributed by atoms with van der Waals surface area (Å²) in [5.74, 6) is 12.5. The smallest absolute Gasteiger partial charge is 0.300 e. The second-order valence-corrected chi connectivity index (χ2v) is 4.66. The summed E-state index contributed by atoms with van der Waals surface area (Å²) in [6, 6.07) is 0. The van der Waals surface area contributed by atoms with E-state index in [0.717, 1.165) is 0 Å². The number of aromatic nitrogens is 4. The van der Waals surface area contributed by atoms with Gasteiger partial charge in [-0.2, -0.15) is 12.6 Å². The van der Waals surface area contributed by atoms with Gasteiger partial charge in [-0.05, 0) is 12.8 Å². The molecule has 2 aromatic rings. The highest BCUT2D eigenvalue weighted by Gasteiger charge is 2.15. The quantitative estimate of drug-likeness (QED) is 0.611.